The second-order valence-electron chi connectivity index (χ2n) is 7.26. The van der Waals surface area contributed by atoms with Crippen LogP contribution in [0.25, 0.3) is 0 Å². The number of ether oxygens (including phenoxy) is 1. The lowest BCUT2D eigenvalue weighted by atomic mass is 9.78. The number of hydrogen-bond acceptors (Lipinski definition) is 2. The van der Waals surface area contributed by atoms with Crippen molar-refractivity contribution >= 4 is 29.9 Å². The first-order chi connectivity index (χ1) is 11.2. The summed E-state index contributed by atoms with van der Waals surface area (Å²) < 4.78 is 5.37. The fraction of sp³-hybridized carbons (Fsp3) is 0.842. The SMILES string of the molecule is CCCC1(C)CCCN(C(=NCCC2=CCOCC2)NCC)C1.I. The van der Waals surface area contributed by atoms with Gasteiger partial charge in [-0.25, -0.2) is 0 Å². The first-order valence-electron chi connectivity index (χ1n) is 9.46. The minimum atomic E-state index is 0. The first kappa shape index (κ1) is 21.7. The van der Waals surface area contributed by atoms with E-state index in [9.17, 15) is 0 Å². The molecule has 2 heterocycles. The molecule has 1 saturated heterocycles. The average molecular weight is 449 g/mol. The van der Waals surface area contributed by atoms with E-state index in [1.807, 2.05) is 0 Å². The van der Waals surface area contributed by atoms with Gasteiger partial charge in [-0.15, -0.1) is 24.0 Å². The van der Waals surface area contributed by atoms with Gasteiger partial charge >= 0.3 is 0 Å². The number of hydrogen-bond donors (Lipinski definition) is 1. The number of likely N-dealkylation sites (tertiary alicyclic amines) is 1. The fourth-order valence-electron chi connectivity index (χ4n) is 3.83. The third kappa shape index (κ3) is 6.90. The molecule has 4 nitrogen and oxygen atoms in total. The van der Waals surface area contributed by atoms with E-state index in [1.54, 1.807) is 0 Å². The molecule has 0 spiro atoms. The summed E-state index contributed by atoms with van der Waals surface area (Å²) >= 11 is 0. The monoisotopic (exact) mass is 449 g/mol. The van der Waals surface area contributed by atoms with Crippen LogP contribution in [0.4, 0.5) is 0 Å². The molecule has 0 bridgehead atoms. The highest BCUT2D eigenvalue weighted by atomic mass is 127. The molecule has 0 radical (unpaired) electrons. The Morgan fingerprint density at radius 1 is 1.42 bits per heavy atom. The van der Waals surface area contributed by atoms with E-state index in [4.69, 9.17) is 9.73 Å². The van der Waals surface area contributed by atoms with Crippen molar-refractivity contribution < 1.29 is 4.74 Å². The molecule has 24 heavy (non-hydrogen) atoms. The Labute approximate surface area is 165 Å². The maximum atomic E-state index is 5.37. The molecule has 0 aromatic heterocycles. The smallest absolute Gasteiger partial charge is 0.193 e. The van der Waals surface area contributed by atoms with Crippen LogP contribution in [0, 0.1) is 5.41 Å². The lowest BCUT2D eigenvalue weighted by Gasteiger charge is -2.42. The third-order valence-electron chi connectivity index (χ3n) is 5.02. The number of halogens is 1. The standard InChI is InChI=1S/C19H35N3O.HI/c1-4-10-19(3)11-6-13-22(16-19)18(20-5-2)21-12-7-17-8-14-23-15-9-17;/h8H,4-7,9-16H2,1-3H3,(H,20,21);1H. The first-order valence-corrected chi connectivity index (χ1v) is 9.46. The summed E-state index contributed by atoms with van der Waals surface area (Å²) in [5, 5.41) is 3.50. The van der Waals surface area contributed by atoms with Crippen molar-refractivity contribution in [3.8, 4) is 0 Å². The minimum Gasteiger partial charge on any atom is -0.377 e. The number of nitrogens with one attached hydrogen (secondary N) is 1. The Morgan fingerprint density at radius 3 is 2.92 bits per heavy atom. The lowest BCUT2D eigenvalue weighted by Crippen LogP contribution is -2.49. The number of aliphatic imine (C=N–C) groups is 1. The van der Waals surface area contributed by atoms with Gasteiger partial charge in [0.1, 0.15) is 0 Å². The quantitative estimate of drug-likeness (QED) is 0.286. The van der Waals surface area contributed by atoms with Gasteiger partial charge in [0, 0.05) is 26.2 Å². The van der Waals surface area contributed by atoms with Crippen molar-refractivity contribution in [2.24, 2.45) is 10.4 Å². The zero-order valence-electron chi connectivity index (χ0n) is 15.8. The van der Waals surface area contributed by atoms with Crippen molar-refractivity contribution in [2.75, 3.05) is 39.4 Å². The zero-order valence-corrected chi connectivity index (χ0v) is 18.1. The van der Waals surface area contributed by atoms with E-state index in [1.165, 1.54) is 31.3 Å². The molecule has 5 heteroatoms. The van der Waals surface area contributed by atoms with Gasteiger partial charge in [-0.05, 0) is 44.4 Å². The largest absolute Gasteiger partial charge is 0.377 e. The predicted molar refractivity (Wildman–Crippen MR) is 113 cm³/mol. The van der Waals surface area contributed by atoms with Crippen molar-refractivity contribution in [3.05, 3.63) is 11.6 Å². The van der Waals surface area contributed by atoms with Crippen LogP contribution in [0.3, 0.4) is 0 Å². The van der Waals surface area contributed by atoms with Crippen molar-refractivity contribution in [1.82, 2.24) is 10.2 Å². The van der Waals surface area contributed by atoms with Crippen LogP contribution < -0.4 is 5.32 Å². The van der Waals surface area contributed by atoms with Crippen LogP contribution in [-0.4, -0.2) is 50.3 Å². The second-order valence-corrected chi connectivity index (χ2v) is 7.26. The Hall–Kier alpha value is -0.300. The van der Waals surface area contributed by atoms with Gasteiger partial charge in [0.15, 0.2) is 5.96 Å². The highest BCUT2D eigenvalue weighted by molar-refractivity contribution is 14.0. The summed E-state index contributed by atoms with van der Waals surface area (Å²) in [4.78, 5) is 7.39. The van der Waals surface area contributed by atoms with Crippen LogP contribution in [-0.2, 0) is 4.74 Å². The Morgan fingerprint density at radius 2 is 2.25 bits per heavy atom. The molecule has 1 unspecified atom stereocenters. The Kier molecular flexibility index (Phi) is 10.3. The van der Waals surface area contributed by atoms with Gasteiger partial charge in [-0.1, -0.05) is 31.9 Å². The zero-order chi connectivity index (χ0) is 16.5. The topological polar surface area (TPSA) is 36.9 Å². The summed E-state index contributed by atoms with van der Waals surface area (Å²) in [7, 11) is 0. The molecule has 140 valence electrons. The molecule has 0 aromatic carbocycles. The predicted octanol–water partition coefficient (Wildman–Crippen LogP) is 4.21. The van der Waals surface area contributed by atoms with E-state index in [0.717, 1.165) is 58.2 Å². The molecule has 1 atom stereocenters. The highest BCUT2D eigenvalue weighted by Gasteiger charge is 2.31. The molecule has 0 aromatic rings. The molecule has 0 saturated carbocycles. The van der Waals surface area contributed by atoms with Crippen molar-refractivity contribution in [3.63, 3.8) is 0 Å². The normalized spacial score (nSPS) is 25.0. The molecule has 2 aliphatic heterocycles. The number of rotatable bonds is 6. The fourth-order valence-corrected chi connectivity index (χ4v) is 3.83. The Bertz CT molecular complexity index is 421. The van der Waals surface area contributed by atoms with Gasteiger partial charge in [0.25, 0.3) is 0 Å². The molecule has 0 amide bonds. The van der Waals surface area contributed by atoms with Crippen molar-refractivity contribution in [1.29, 1.82) is 0 Å². The van der Waals surface area contributed by atoms with Gasteiger partial charge in [-0.2, -0.15) is 0 Å². The molecular weight excluding hydrogens is 413 g/mol. The third-order valence-corrected chi connectivity index (χ3v) is 5.02. The summed E-state index contributed by atoms with van der Waals surface area (Å²) in [6.45, 7) is 12.7. The van der Waals surface area contributed by atoms with Crippen LogP contribution in [0.2, 0.25) is 0 Å². The maximum absolute atomic E-state index is 5.37. The number of piperidine rings is 1. The van der Waals surface area contributed by atoms with E-state index >= 15 is 0 Å². The molecular formula is C19H36IN3O. The summed E-state index contributed by atoms with van der Waals surface area (Å²) in [5.41, 5.74) is 1.96. The highest BCUT2D eigenvalue weighted by Crippen LogP contribution is 2.33. The van der Waals surface area contributed by atoms with Gasteiger partial charge in [0.2, 0.25) is 0 Å². The van der Waals surface area contributed by atoms with E-state index in [-0.39, 0.29) is 24.0 Å². The average Bonchev–Trinajstić information content (AvgIpc) is 2.55. The molecule has 1 fully saturated rings. The van der Waals surface area contributed by atoms with E-state index < -0.39 is 0 Å². The van der Waals surface area contributed by atoms with Crippen molar-refractivity contribution in [2.45, 2.75) is 59.3 Å². The lowest BCUT2D eigenvalue weighted by molar-refractivity contribution is 0.142. The summed E-state index contributed by atoms with van der Waals surface area (Å²) in [6.07, 6.45) is 9.59. The van der Waals surface area contributed by atoms with Gasteiger partial charge < -0.3 is 15.0 Å². The van der Waals surface area contributed by atoms with Gasteiger partial charge in [0.05, 0.1) is 13.2 Å². The van der Waals surface area contributed by atoms with Crippen LogP contribution in [0.1, 0.15) is 59.3 Å². The Balaban J connectivity index is 0.00000288. The van der Waals surface area contributed by atoms with Crippen LogP contribution in [0.15, 0.2) is 16.6 Å². The maximum Gasteiger partial charge on any atom is 0.193 e. The van der Waals surface area contributed by atoms with Crippen LogP contribution in [0.5, 0.6) is 0 Å². The second kappa shape index (κ2) is 11.3. The summed E-state index contributed by atoms with van der Waals surface area (Å²) in [5.74, 6) is 1.11. The van der Waals surface area contributed by atoms with E-state index in [2.05, 4.69) is 37.1 Å². The van der Waals surface area contributed by atoms with E-state index in [0.29, 0.717) is 5.41 Å². The summed E-state index contributed by atoms with van der Waals surface area (Å²) in [6, 6.07) is 0. The minimum absolute atomic E-state index is 0. The van der Waals surface area contributed by atoms with Crippen LogP contribution >= 0.6 is 24.0 Å². The molecule has 1 N–H and O–H groups in total. The molecule has 0 aliphatic carbocycles. The molecule has 2 rings (SSSR count). The molecule has 2 aliphatic rings. The number of guanidine groups is 1. The van der Waals surface area contributed by atoms with Gasteiger partial charge in [-0.3, -0.25) is 4.99 Å². The number of nitrogens with zero attached hydrogens (tertiary/aromatic N) is 2.